The molecule has 0 fully saturated rings. The van der Waals surface area contributed by atoms with Crippen molar-refractivity contribution in [3.05, 3.63) is 54.0 Å². The van der Waals surface area contributed by atoms with Gasteiger partial charge in [0.15, 0.2) is 5.76 Å². The van der Waals surface area contributed by atoms with Crippen LogP contribution in [0.1, 0.15) is 36.6 Å². The van der Waals surface area contributed by atoms with E-state index in [-0.39, 0.29) is 11.9 Å². The average molecular weight is 289 g/mol. The Bertz CT molecular complexity index is 551. The maximum absolute atomic E-state index is 11.9. The maximum Gasteiger partial charge on any atom is 0.287 e. The first-order chi connectivity index (χ1) is 9.69. The molecule has 0 aliphatic carbocycles. The molecule has 1 N–H and O–H groups in total. The van der Waals surface area contributed by atoms with Gasteiger partial charge < -0.3 is 9.73 Å². The number of furan rings is 1. The van der Waals surface area contributed by atoms with Crippen molar-refractivity contribution >= 4 is 17.7 Å². The Kier molecular flexibility index (Phi) is 5.30. The van der Waals surface area contributed by atoms with E-state index in [1.807, 2.05) is 38.1 Å². The molecule has 1 aromatic carbocycles. The van der Waals surface area contributed by atoms with Crippen molar-refractivity contribution in [2.45, 2.75) is 37.0 Å². The lowest BCUT2D eigenvalue weighted by Gasteiger charge is -2.09. The molecular formula is C16H19NO2S. The third-order valence-corrected chi connectivity index (χ3v) is 4.03. The fraction of sp³-hybridized carbons (Fsp3) is 0.312. The molecule has 1 atom stereocenters. The van der Waals surface area contributed by atoms with E-state index >= 15 is 0 Å². The Hall–Kier alpha value is -1.68. The molecular weight excluding hydrogens is 270 g/mol. The van der Waals surface area contributed by atoms with Gasteiger partial charge in [-0.3, -0.25) is 4.79 Å². The second-order valence-corrected chi connectivity index (χ2v) is 5.70. The Morgan fingerprint density at radius 1 is 1.25 bits per heavy atom. The quantitative estimate of drug-likeness (QED) is 0.814. The molecule has 0 saturated carbocycles. The van der Waals surface area contributed by atoms with Gasteiger partial charge in [0.05, 0.1) is 5.75 Å². The molecule has 0 radical (unpaired) electrons. The van der Waals surface area contributed by atoms with E-state index in [2.05, 4.69) is 17.4 Å². The van der Waals surface area contributed by atoms with Crippen LogP contribution in [0.5, 0.6) is 0 Å². The van der Waals surface area contributed by atoms with Gasteiger partial charge in [0, 0.05) is 10.9 Å². The summed E-state index contributed by atoms with van der Waals surface area (Å²) in [5, 5.41) is 2.89. The first kappa shape index (κ1) is 14.7. The molecule has 2 rings (SSSR count). The summed E-state index contributed by atoms with van der Waals surface area (Å²) in [6.45, 7) is 4.02. The fourth-order valence-corrected chi connectivity index (χ4v) is 2.46. The first-order valence-electron chi connectivity index (χ1n) is 6.76. The van der Waals surface area contributed by atoms with Crippen molar-refractivity contribution in [1.29, 1.82) is 0 Å². The molecule has 106 valence electrons. The Morgan fingerprint density at radius 3 is 2.70 bits per heavy atom. The van der Waals surface area contributed by atoms with E-state index in [9.17, 15) is 4.79 Å². The summed E-state index contributed by atoms with van der Waals surface area (Å²) < 4.78 is 5.58. The third-order valence-electron chi connectivity index (χ3n) is 3.00. The van der Waals surface area contributed by atoms with Crippen LogP contribution < -0.4 is 5.32 Å². The predicted octanol–water partition coefficient (Wildman–Crippen LogP) is 4.10. The molecule has 0 bridgehead atoms. The highest BCUT2D eigenvalue weighted by Gasteiger charge is 2.13. The molecule has 0 saturated heterocycles. The number of benzene rings is 1. The van der Waals surface area contributed by atoms with Crippen LogP contribution in [0.2, 0.25) is 0 Å². The molecule has 20 heavy (non-hydrogen) atoms. The summed E-state index contributed by atoms with van der Waals surface area (Å²) in [5.74, 6) is 1.78. The number of carbonyl (C=O) groups excluding carboxylic acids is 1. The zero-order chi connectivity index (χ0) is 14.4. The summed E-state index contributed by atoms with van der Waals surface area (Å²) >= 11 is 1.69. The van der Waals surface area contributed by atoms with E-state index in [1.165, 1.54) is 4.90 Å². The number of amides is 1. The molecule has 1 heterocycles. The summed E-state index contributed by atoms with van der Waals surface area (Å²) in [6.07, 6.45) is 0.906. The summed E-state index contributed by atoms with van der Waals surface area (Å²) in [4.78, 5) is 13.1. The average Bonchev–Trinajstić information content (AvgIpc) is 2.95. The molecule has 0 spiro atoms. The van der Waals surface area contributed by atoms with Crippen LogP contribution in [0.3, 0.4) is 0 Å². The van der Waals surface area contributed by atoms with E-state index in [1.54, 1.807) is 17.8 Å². The third kappa shape index (κ3) is 4.17. The van der Waals surface area contributed by atoms with Gasteiger partial charge in [-0.05, 0) is 37.6 Å². The monoisotopic (exact) mass is 289 g/mol. The summed E-state index contributed by atoms with van der Waals surface area (Å²) in [6, 6.07) is 13.9. The van der Waals surface area contributed by atoms with Crippen LogP contribution in [0.4, 0.5) is 0 Å². The highest BCUT2D eigenvalue weighted by atomic mass is 32.2. The van der Waals surface area contributed by atoms with Crippen LogP contribution in [0.15, 0.2) is 51.8 Å². The molecule has 0 aliphatic heterocycles. The highest BCUT2D eigenvalue weighted by molar-refractivity contribution is 7.98. The minimum Gasteiger partial charge on any atom is -0.455 e. The molecule has 1 aromatic heterocycles. The van der Waals surface area contributed by atoms with Gasteiger partial charge in [-0.25, -0.2) is 0 Å². The van der Waals surface area contributed by atoms with Crippen molar-refractivity contribution in [1.82, 2.24) is 5.32 Å². The van der Waals surface area contributed by atoms with E-state index in [0.717, 1.165) is 17.9 Å². The zero-order valence-corrected chi connectivity index (χ0v) is 12.6. The molecule has 1 unspecified atom stereocenters. The fourth-order valence-electron chi connectivity index (χ4n) is 1.65. The topological polar surface area (TPSA) is 42.2 Å². The van der Waals surface area contributed by atoms with Crippen molar-refractivity contribution in [3.8, 4) is 0 Å². The largest absolute Gasteiger partial charge is 0.455 e. The normalized spacial score (nSPS) is 12.1. The van der Waals surface area contributed by atoms with Crippen molar-refractivity contribution < 1.29 is 9.21 Å². The number of nitrogens with one attached hydrogen (secondary N) is 1. The van der Waals surface area contributed by atoms with Crippen LogP contribution in [0.25, 0.3) is 0 Å². The number of carbonyl (C=O) groups is 1. The number of rotatable bonds is 6. The lowest BCUT2D eigenvalue weighted by Crippen LogP contribution is -2.31. The Morgan fingerprint density at radius 2 is 2.00 bits per heavy atom. The lowest BCUT2D eigenvalue weighted by atomic mass is 10.2. The number of hydrogen-bond donors (Lipinski definition) is 1. The summed E-state index contributed by atoms with van der Waals surface area (Å²) in [7, 11) is 0. The summed E-state index contributed by atoms with van der Waals surface area (Å²) in [5.41, 5.74) is 0. The van der Waals surface area contributed by atoms with Gasteiger partial charge in [-0.2, -0.15) is 0 Å². The highest BCUT2D eigenvalue weighted by Crippen LogP contribution is 2.23. The van der Waals surface area contributed by atoms with Gasteiger partial charge in [0.2, 0.25) is 0 Å². The molecule has 4 heteroatoms. The van der Waals surface area contributed by atoms with Gasteiger partial charge in [-0.1, -0.05) is 25.1 Å². The van der Waals surface area contributed by atoms with Gasteiger partial charge in [0.25, 0.3) is 5.91 Å². The lowest BCUT2D eigenvalue weighted by molar-refractivity contribution is 0.0910. The van der Waals surface area contributed by atoms with Crippen molar-refractivity contribution in [2.75, 3.05) is 0 Å². The van der Waals surface area contributed by atoms with Crippen LogP contribution >= 0.6 is 11.8 Å². The van der Waals surface area contributed by atoms with Gasteiger partial charge >= 0.3 is 0 Å². The van der Waals surface area contributed by atoms with Gasteiger partial charge in [0.1, 0.15) is 5.76 Å². The minimum atomic E-state index is -0.143. The van der Waals surface area contributed by atoms with Crippen molar-refractivity contribution in [2.24, 2.45) is 0 Å². The first-order valence-corrected chi connectivity index (χ1v) is 7.75. The smallest absolute Gasteiger partial charge is 0.287 e. The van der Waals surface area contributed by atoms with Crippen LogP contribution in [-0.2, 0) is 5.75 Å². The van der Waals surface area contributed by atoms with Crippen LogP contribution in [-0.4, -0.2) is 11.9 Å². The number of hydrogen-bond acceptors (Lipinski definition) is 3. The molecule has 1 amide bonds. The van der Waals surface area contributed by atoms with E-state index in [0.29, 0.717) is 5.76 Å². The minimum absolute atomic E-state index is 0.143. The van der Waals surface area contributed by atoms with E-state index < -0.39 is 0 Å². The maximum atomic E-state index is 11.9. The standard InChI is InChI=1S/C16H19NO2S/c1-3-12(2)17-16(18)15-10-9-13(19-15)11-20-14-7-5-4-6-8-14/h4-10,12H,3,11H2,1-2H3,(H,17,18). The Labute approximate surface area is 123 Å². The second-order valence-electron chi connectivity index (χ2n) is 4.65. The van der Waals surface area contributed by atoms with Crippen LogP contribution in [0, 0.1) is 0 Å². The Balaban J connectivity index is 1.90. The molecule has 2 aromatic rings. The van der Waals surface area contributed by atoms with Gasteiger partial charge in [-0.15, -0.1) is 11.8 Å². The SMILES string of the molecule is CCC(C)NC(=O)c1ccc(CSc2ccccc2)o1. The van der Waals surface area contributed by atoms with E-state index in [4.69, 9.17) is 4.42 Å². The second kappa shape index (κ2) is 7.20. The zero-order valence-electron chi connectivity index (χ0n) is 11.8. The number of thioether (sulfide) groups is 1. The molecule has 3 nitrogen and oxygen atoms in total. The predicted molar refractivity (Wildman–Crippen MR) is 81.9 cm³/mol. The molecule has 0 aliphatic rings. The van der Waals surface area contributed by atoms with Crippen molar-refractivity contribution in [3.63, 3.8) is 0 Å².